The topological polar surface area (TPSA) is 102 Å². The van der Waals surface area contributed by atoms with E-state index in [0.717, 1.165) is 28.2 Å². The van der Waals surface area contributed by atoms with Gasteiger partial charge in [0.2, 0.25) is 5.91 Å². The summed E-state index contributed by atoms with van der Waals surface area (Å²) < 4.78 is 3.23. The highest BCUT2D eigenvalue weighted by Gasteiger charge is 2.17. The van der Waals surface area contributed by atoms with Crippen molar-refractivity contribution in [3.05, 3.63) is 53.0 Å². The molecule has 8 heteroatoms. The first kappa shape index (κ1) is 18.4. The number of aromatic nitrogens is 4. The number of aromatic carboxylic acids is 1. The van der Waals surface area contributed by atoms with Gasteiger partial charge in [-0.05, 0) is 38.5 Å². The molecule has 3 aromatic rings. The van der Waals surface area contributed by atoms with Gasteiger partial charge in [0, 0.05) is 24.4 Å². The Labute approximate surface area is 156 Å². The summed E-state index contributed by atoms with van der Waals surface area (Å²) in [4.78, 5) is 23.6. The molecular weight excluding hydrogens is 346 g/mol. The van der Waals surface area contributed by atoms with E-state index in [9.17, 15) is 14.7 Å². The Bertz CT molecular complexity index is 1030. The molecule has 0 atom stereocenters. The van der Waals surface area contributed by atoms with E-state index in [1.165, 1.54) is 0 Å². The first-order valence-corrected chi connectivity index (χ1v) is 8.44. The molecule has 0 saturated carbocycles. The maximum atomic E-state index is 12.4. The number of benzene rings is 1. The average Bonchev–Trinajstić information content (AvgIpc) is 3.05. The second-order valence-corrected chi connectivity index (χ2v) is 6.43. The number of carbonyl (C=O) groups excluding carboxylic acids is 1. The van der Waals surface area contributed by atoms with Gasteiger partial charge in [-0.3, -0.25) is 14.2 Å². The molecule has 0 unspecified atom stereocenters. The highest BCUT2D eigenvalue weighted by atomic mass is 16.4. The molecule has 1 aromatic carbocycles. The zero-order valence-corrected chi connectivity index (χ0v) is 15.6. The van der Waals surface area contributed by atoms with E-state index in [-0.39, 0.29) is 18.0 Å². The molecule has 0 fully saturated rings. The molecule has 2 heterocycles. The molecule has 27 heavy (non-hydrogen) atoms. The molecule has 0 aliphatic rings. The van der Waals surface area contributed by atoms with Crippen molar-refractivity contribution >= 4 is 17.7 Å². The van der Waals surface area contributed by atoms with Gasteiger partial charge in [-0.1, -0.05) is 12.1 Å². The zero-order chi connectivity index (χ0) is 19.7. The van der Waals surface area contributed by atoms with Crippen molar-refractivity contribution in [3.63, 3.8) is 0 Å². The van der Waals surface area contributed by atoms with Crippen molar-refractivity contribution < 1.29 is 14.7 Å². The van der Waals surface area contributed by atoms with Gasteiger partial charge in [0.05, 0.1) is 17.0 Å². The van der Waals surface area contributed by atoms with E-state index in [0.29, 0.717) is 5.82 Å². The van der Waals surface area contributed by atoms with Gasteiger partial charge >= 0.3 is 5.97 Å². The third kappa shape index (κ3) is 3.74. The highest BCUT2D eigenvalue weighted by Crippen LogP contribution is 2.27. The van der Waals surface area contributed by atoms with Crippen LogP contribution in [0.2, 0.25) is 0 Å². The van der Waals surface area contributed by atoms with Gasteiger partial charge < -0.3 is 10.4 Å². The van der Waals surface area contributed by atoms with Crippen molar-refractivity contribution in [2.75, 3.05) is 5.32 Å². The third-order valence-electron chi connectivity index (χ3n) is 4.34. The molecule has 0 spiro atoms. The Morgan fingerprint density at radius 2 is 1.89 bits per heavy atom. The fourth-order valence-corrected chi connectivity index (χ4v) is 3.12. The molecular formula is C19H21N5O3. The van der Waals surface area contributed by atoms with Crippen molar-refractivity contribution in [2.24, 2.45) is 7.05 Å². The summed E-state index contributed by atoms with van der Waals surface area (Å²) in [5, 5.41) is 20.7. The number of rotatable bonds is 5. The van der Waals surface area contributed by atoms with Crippen molar-refractivity contribution in [1.29, 1.82) is 0 Å². The molecule has 0 bridgehead atoms. The van der Waals surface area contributed by atoms with Gasteiger partial charge in [0.15, 0.2) is 0 Å². The van der Waals surface area contributed by atoms with E-state index in [4.69, 9.17) is 0 Å². The largest absolute Gasteiger partial charge is 0.478 e. The van der Waals surface area contributed by atoms with Crippen LogP contribution in [0.5, 0.6) is 0 Å². The van der Waals surface area contributed by atoms with E-state index in [1.807, 2.05) is 26.8 Å². The predicted molar refractivity (Wildman–Crippen MR) is 101 cm³/mol. The van der Waals surface area contributed by atoms with E-state index < -0.39 is 5.97 Å². The molecule has 0 radical (unpaired) electrons. The highest BCUT2D eigenvalue weighted by molar-refractivity contribution is 5.91. The predicted octanol–water partition coefficient (Wildman–Crippen LogP) is 2.55. The Morgan fingerprint density at radius 1 is 1.15 bits per heavy atom. The minimum atomic E-state index is -0.981. The first-order chi connectivity index (χ1) is 12.8. The van der Waals surface area contributed by atoms with Gasteiger partial charge in [-0.25, -0.2) is 4.79 Å². The standard InChI is InChI=1S/C19H21N5O3/c1-11-8-16(23(4)21-11)20-17(25)10-24-13(3)18(12(2)22-24)14-6-5-7-15(9-14)19(26)27/h5-9H,10H2,1-4H3,(H,20,25)(H,26,27). The van der Waals surface area contributed by atoms with Crippen LogP contribution in [0.15, 0.2) is 30.3 Å². The summed E-state index contributed by atoms with van der Waals surface area (Å²) in [5.74, 6) is -0.576. The van der Waals surface area contributed by atoms with E-state index in [1.54, 1.807) is 40.7 Å². The van der Waals surface area contributed by atoms with Gasteiger partial charge in [0.1, 0.15) is 12.4 Å². The van der Waals surface area contributed by atoms with E-state index >= 15 is 0 Å². The summed E-state index contributed by atoms with van der Waals surface area (Å²) >= 11 is 0. The lowest BCUT2D eigenvalue weighted by Gasteiger charge is -2.08. The summed E-state index contributed by atoms with van der Waals surface area (Å²) in [5.41, 5.74) is 4.16. The fourth-order valence-electron chi connectivity index (χ4n) is 3.12. The lowest BCUT2D eigenvalue weighted by atomic mass is 10.0. The monoisotopic (exact) mass is 367 g/mol. The van der Waals surface area contributed by atoms with Crippen LogP contribution < -0.4 is 5.32 Å². The lowest BCUT2D eigenvalue weighted by molar-refractivity contribution is -0.117. The molecule has 8 nitrogen and oxygen atoms in total. The maximum Gasteiger partial charge on any atom is 0.335 e. The molecule has 140 valence electrons. The number of nitrogens with zero attached hydrogens (tertiary/aromatic N) is 4. The third-order valence-corrected chi connectivity index (χ3v) is 4.34. The molecule has 0 aliphatic carbocycles. The summed E-state index contributed by atoms with van der Waals surface area (Å²) in [7, 11) is 1.76. The average molecular weight is 367 g/mol. The smallest absolute Gasteiger partial charge is 0.335 e. The molecule has 2 aromatic heterocycles. The van der Waals surface area contributed by atoms with Crippen LogP contribution in [0.4, 0.5) is 5.82 Å². The van der Waals surface area contributed by atoms with Crippen LogP contribution in [-0.2, 0) is 18.4 Å². The van der Waals surface area contributed by atoms with Gasteiger partial charge in [0.25, 0.3) is 0 Å². The van der Waals surface area contributed by atoms with Crippen LogP contribution in [0.3, 0.4) is 0 Å². The SMILES string of the molecule is Cc1cc(NC(=O)Cn2nc(C)c(-c3cccc(C(=O)O)c3)c2C)n(C)n1. The minimum Gasteiger partial charge on any atom is -0.478 e. The number of carbonyl (C=O) groups is 2. The van der Waals surface area contributed by atoms with Crippen molar-refractivity contribution in [1.82, 2.24) is 19.6 Å². The number of anilines is 1. The minimum absolute atomic E-state index is 0.0511. The molecule has 1 amide bonds. The van der Waals surface area contributed by atoms with Crippen LogP contribution >= 0.6 is 0 Å². The van der Waals surface area contributed by atoms with Crippen LogP contribution in [-0.4, -0.2) is 36.5 Å². The molecule has 0 aliphatic heterocycles. The van der Waals surface area contributed by atoms with Gasteiger partial charge in [-0.15, -0.1) is 0 Å². The second-order valence-electron chi connectivity index (χ2n) is 6.43. The summed E-state index contributed by atoms with van der Waals surface area (Å²) in [6, 6.07) is 8.49. The quantitative estimate of drug-likeness (QED) is 0.721. The molecule has 2 N–H and O–H groups in total. The van der Waals surface area contributed by atoms with Crippen LogP contribution in [0.25, 0.3) is 11.1 Å². The van der Waals surface area contributed by atoms with Gasteiger partial charge in [-0.2, -0.15) is 10.2 Å². The normalized spacial score (nSPS) is 10.8. The number of carboxylic acid groups (broad SMARTS) is 1. The van der Waals surface area contributed by atoms with Crippen molar-refractivity contribution in [2.45, 2.75) is 27.3 Å². The molecule has 0 saturated heterocycles. The number of carboxylic acids is 1. The van der Waals surface area contributed by atoms with E-state index in [2.05, 4.69) is 15.5 Å². The Kier molecular flexibility index (Phi) is 4.81. The second kappa shape index (κ2) is 7.06. The Hall–Kier alpha value is -3.42. The zero-order valence-electron chi connectivity index (χ0n) is 15.6. The number of aryl methyl sites for hydroxylation is 3. The lowest BCUT2D eigenvalue weighted by Crippen LogP contribution is -2.21. The fraction of sp³-hybridized carbons (Fsp3) is 0.263. The summed E-state index contributed by atoms with van der Waals surface area (Å²) in [6.45, 7) is 5.61. The Morgan fingerprint density at radius 3 is 2.52 bits per heavy atom. The number of hydrogen-bond donors (Lipinski definition) is 2. The maximum absolute atomic E-state index is 12.4. The van der Waals surface area contributed by atoms with Crippen LogP contribution in [0, 0.1) is 20.8 Å². The summed E-state index contributed by atoms with van der Waals surface area (Å²) in [6.07, 6.45) is 0. The first-order valence-electron chi connectivity index (χ1n) is 8.44. The molecule has 3 rings (SSSR count). The Balaban J connectivity index is 1.85. The number of amides is 1. The number of nitrogens with one attached hydrogen (secondary N) is 1. The van der Waals surface area contributed by atoms with Crippen molar-refractivity contribution in [3.8, 4) is 11.1 Å². The van der Waals surface area contributed by atoms with Crippen LogP contribution in [0.1, 0.15) is 27.4 Å². The number of hydrogen-bond acceptors (Lipinski definition) is 4.